The molecule has 0 bridgehead atoms. The Kier molecular flexibility index (Phi) is 4.98. The van der Waals surface area contributed by atoms with Gasteiger partial charge >= 0.3 is 0 Å². The normalized spacial score (nSPS) is 11.4. The molecule has 0 radical (unpaired) electrons. The Morgan fingerprint density at radius 2 is 1.96 bits per heavy atom. The molecule has 0 saturated carbocycles. The van der Waals surface area contributed by atoms with E-state index in [1.165, 1.54) is 19.3 Å². The number of amides is 1. The topological polar surface area (TPSA) is 93.1 Å². The van der Waals surface area contributed by atoms with Crippen molar-refractivity contribution in [3.63, 3.8) is 0 Å². The molecule has 0 aliphatic carbocycles. The molecule has 3 rings (SSSR count). The van der Waals surface area contributed by atoms with Gasteiger partial charge in [-0.1, -0.05) is 18.2 Å². The summed E-state index contributed by atoms with van der Waals surface area (Å²) >= 11 is 1.12. The Bertz CT molecular complexity index is 978. The lowest BCUT2D eigenvalue weighted by Gasteiger charge is -2.02. The first-order valence-electron chi connectivity index (χ1n) is 7.40. The number of nitrogens with one attached hydrogen (secondary N) is 2. The van der Waals surface area contributed by atoms with Crippen molar-refractivity contribution in [2.75, 3.05) is 7.05 Å². The zero-order chi connectivity index (χ0) is 17.9. The molecule has 0 atom stereocenters. The van der Waals surface area contributed by atoms with E-state index in [9.17, 15) is 13.2 Å². The number of sulfonamides is 1. The summed E-state index contributed by atoms with van der Waals surface area (Å²) in [5.41, 5.74) is 1.30. The highest BCUT2D eigenvalue weighted by Gasteiger charge is 2.15. The van der Waals surface area contributed by atoms with E-state index in [2.05, 4.69) is 15.1 Å². The molecule has 7 nitrogen and oxygen atoms in total. The van der Waals surface area contributed by atoms with E-state index in [1.54, 1.807) is 16.9 Å². The molecular weight excluding hydrogens is 360 g/mol. The largest absolute Gasteiger partial charge is 0.347 e. The van der Waals surface area contributed by atoms with Gasteiger partial charge in [-0.15, -0.1) is 11.3 Å². The Morgan fingerprint density at radius 1 is 1.20 bits per heavy atom. The second-order valence-corrected chi connectivity index (χ2v) is 8.40. The fraction of sp³-hybridized carbons (Fsp3) is 0.125. The summed E-state index contributed by atoms with van der Waals surface area (Å²) in [6.45, 7) is 0.249. The molecule has 9 heteroatoms. The Labute approximate surface area is 149 Å². The molecule has 25 heavy (non-hydrogen) atoms. The van der Waals surface area contributed by atoms with E-state index in [-0.39, 0.29) is 16.7 Å². The van der Waals surface area contributed by atoms with Gasteiger partial charge in [0.2, 0.25) is 10.0 Å². The fourth-order valence-electron chi connectivity index (χ4n) is 2.13. The third kappa shape index (κ3) is 3.95. The number of hydrogen-bond donors (Lipinski definition) is 2. The van der Waals surface area contributed by atoms with Crippen LogP contribution in [0.3, 0.4) is 0 Å². The van der Waals surface area contributed by atoms with Crippen LogP contribution in [0.25, 0.3) is 5.69 Å². The summed E-state index contributed by atoms with van der Waals surface area (Å²) in [4.78, 5) is 13.0. The van der Waals surface area contributed by atoms with Crippen LogP contribution in [0.5, 0.6) is 0 Å². The first kappa shape index (κ1) is 17.3. The highest BCUT2D eigenvalue weighted by Crippen LogP contribution is 2.21. The smallest absolute Gasteiger partial charge is 0.254 e. The summed E-state index contributed by atoms with van der Waals surface area (Å²) in [7, 11) is -2.09. The average molecular weight is 376 g/mol. The summed E-state index contributed by atoms with van der Waals surface area (Å²) < 4.78 is 27.5. The minimum atomic E-state index is -3.45. The third-order valence-electron chi connectivity index (χ3n) is 3.46. The maximum absolute atomic E-state index is 12.2. The number of benzene rings is 1. The van der Waals surface area contributed by atoms with E-state index in [4.69, 9.17) is 0 Å². The second kappa shape index (κ2) is 7.18. The number of rotatable bonds is 6. The molecule has 2 aromatic heterocycles. The predicted molar refractivity (Wildman–Crippen MR) is 95.3 cm³/mol. The van der Waals surface area contributed by atoms with E-state index in [0.29, 0.717) is 5.56 Å². The van der Waals surface area contributed by atoms with Gasteiger partial charge in [0.15, 0.2) is 0 Å². The molecule has 2 heterocycles. The molecule has 0 saturated heterocycles. The van der Waals surface area contributed by atoms with Crippen LogP contribution < -0.4 is 10.0 Å². The molecule has 0 unspecified atom stereocenters. The van der Waals surface area contributed by atoms with Gasteiger partial charge in [-0.05, 0) is 31.3 Å². The maximum Gasteiger partial charge on any atom is 0.254 e. The fourth-order valence-corrected chi connectivity index (χ4v) is 4.26. The van der Waals surface area contributed by atoms with Crippen molar-refractivity contribution in [3.8, 4) is 5.69 Å². The number of nitrogens with zero attached hydrogens (tertiary/aromatic N) is 2. The van der Waals surface area contributed by atoms with Crippen molar-refractivity contribution < 1.29 is 13.2 Å². The molecule has 2 N–H and O–H groups in total. The van der Waals surface area contributed by atoms with Crippen LogP contribution in [0.4, 0.5) is 0 Å². The van der Waals surface area contributed by atoms with Gasteiger partial charge in [-0.2, -0.15) is 5.10 Å². The summed E-state index contributed by atoms with van der Waals surface area (Å²) in [5, 5.41) is 6.95. The van der Waals surface area contributed by atoms with Gasteiger partial charge in [0.25, 0.3) is 5.91 Å². The highest BCUT2D eigenvalue weighted by molar-refractivity contribution is 7.91. The van der Waals surface area contributed by atoms with Crippen LogP contribution in [0.2, 0.25) is 0 Å². The van der Waals surface area contributed by atoms with Gasteiger partial charge in [0.05, 0.1) is 24.0 Å². The van der Waals surface area contributed by atoms with Crippen molar-refractivity contribution in [2.45, 2.75) is 10.8 Å². The van der Waals surface area contributed by atoms with E-state index in [0.717, 1.165) is 21.9 Å². The van der Waals surface area contributed by atoms with Gasteiger partial charge in [0.1, 0.15) is 4.21 Å². The molecule has 3 aromatic rings. The Hall–Kier alpha value is -2.49. The van der Waals surface area contributed by atoms with Crippen molar-refractivity contribution in [1.82, 2.24) is 19.8 Å². The van der Waals surface area contributed by atoms with Gasteiger partial charge in [-0.25, -0.2) is 17.8 Å². The van der Waals surface area contributed by atoms with Gasteiger partial charge in [-0.3, -0.25) is 4.79 Å². The maximum atomic E-state index is 12.2. The lowest BCUT2D eigenvalue weighted by Crippen LogP contribution is -2.21. The molecule has 1 amide bonds. The zero-order valence-corrected chi connectivity index (χ0v) is 15.0. The van der Waals surface area contributed by atoms with Crippen molar-refractivity contribution in [1.29, 1.82) is 0 Å². The third-order valence-corrected chi connectivity index (χ3v) is 6.45. The van der Waals surface area contributed by atoms with Crippen molar-refractivity contribution >= 4 is 27.3 Å². The first-order valence-corrected chi connectivity index (χ1v) is 9.70. The van der Waals surface area contributed by atoms with Crippen LogP contribution >= 0.6 is 11.3 Å². The molecule has 0 fully saturated rings. The molecule has 0 spiro atoms. The number of thiophene rings is 1. The van der Waals surface area contributed by atoms with Crippen LogP contribution in [0.1, 0.15) is 15.2 Å². The number of hydrogen-bond acceptors (Lipinski definition) is 5. The molecule has 0 aliphatic rings. The standard InChI is InChI=1S/C16H16N4O3S2/c1-17-25(22,23)15-8-7-14(24-15)10-18-16(21)12-9-19-20(11-12)13-5-3-2-4-6-13/h2-9,11,17H,10H2,1H3,(H,18,21). The second-order valence-electron chi connectivity index (χ2n) is 5.12. The Morgan fingerprint density at radius 3 is 2.68 bits per heavy atom. The highest BCUT2D eigenvalue weighted by atomic mass is 32.2. The molecule has 1 aromatic carbocycles. The summed E-state index contributed by atoms with van der Waals surface area (Å²) in [5.74, 6) is -0.270. The predicted octanol–water partition coefficient (Wildman–Crippen LogP) is 1.77. The molecular formula is C16H16N4O3S2. The lowest BCUT2D eigenvalue weighted by atomic mass is 10.3. The monoisotopic (exact) mass is 376 g/mol. The molecule has 130 valence electrons. The minimum Gasteiger partial charge on any atom is -0.347 e. The van der Waals surface area contributed by atoms with Crippen molar-refractivity contribution in [2.24, 2.45) is 0 Å². The van der Waals surface area contributed by atoms with Crippen LogP contribution in [0.15, 0.2) is 59.1 Å². The van der Waals surface area contributed by atoms with Crippen LogP contribution in [0, 0.1) is 0 Å². The first-order chi connectivity index (χ1) is 12.0. The Balaban J connectivity index is 1.65. The number of carbonyl (C=O) groups is 1. The van der Waals surface area contributed by atoms with Crippen LogP contribution in [-0.2, 0) is 16.6 Å². The van der Waals surface area contributed by atoms with E-state index < -0.39 is 10.0 Å². The number of para-hydroxylation sites is 1. The average Bonchev–Trinajstić information content (AvgIpc) is 3.30. The summed E-state index contributed by atoms with van der Waals surface area (Å²) in [6.07, 6.45) is 3.14. The van der Waals surface area contributed by atoms with Crippen LogP contribution in [-0.4, -0.2) is 31.2 Å². The van der Waals surface area contributed by atoms with E-state index in [1.807, 2.05) is 30.3 Å². The SMILES string of the molecule is CNS(=O)(=O)c1ccc(CNC(=O)c2cnn(-c3ccccc3)c2)s1. The van der Waals surface area contributed by atoms with Gasteiger partial charge < -0.3 is 5.32 Å². The molecule has 0 aliphatic heterocycles. The van der Waals surface area contributed by atoms with E-state index >= 15 is 0 Å². The minimum absolute atomic E-state index is 0.219. The number of carbonyl (C=O) groups excluding carboxylic acids is 1. The van der Waals surface area contributed by atoms with Gasteiger partial charge in [0, 0.05) is 11.1 Å². The zero-order valence-electron chi connectivity index (χ0n) is 13.3. The van der Waals surface area contributed by atoms with Crippen molar-refractivity contribution in [3.05, 3.63) is 65.3 Å². The number of aromatic nitrogens is 2. The quantitative estimate of drug-likeness (QED) is 0.686. The summed E-state index contributed by atoms with van der Waals surface area (Å²) in [6, 6.07) is 12.7. The lowest BCUT2D eigenvalue weighted by molar-refractivity contribution is 0.0951.